The molecule has 112 valence electrons. The van der Waals surface area contributed by atoms with E-state index in [2.05, 4.69) is 46.0 Å². The Morgan fingerprint density at radius 2 is 2.27 bits per heavy atom. The first-order valence-electron chi connectivity index (χ1n) is 6.88. The number of hydrogen-bond donors (Lipinski definition) is 1. The Morgan fingerprint density at radius 3 is 3.05 bits per heavy atom. The molecule has 0 radical (unpaired) electrons. The molecule has 0 unspecified atom stereocenters. The van der Waals surface area contributed by atoms with Crippen LogP contribution in [-0.2, 0) is 6.42 Å². The molecule has 0 aliphatic heterocycles. The molecule has 22 heavy (non-hydrogen) atoms. The van der Waals surface area contributed by atoms with Crippen LogP contribution >= 0.6 is 11.3 Å². The average Bonchev–Trinajstić information content (AvgIpc) is 3.18. The third-order valence-corrected chi connectivity index (χ3v) is 4.13. The minimum Gasteiger partial charge on any atom is -0.351 e. The van der Waals surface area contributed by atoms with Gasteiger partial charge in [-0.1, -0.05) is 29.8 Å². The van der Waals surface area contributed by atoms with Crippen molar-refractivity contribution in [2.45, 2.75) is 13.3 Å². The number of hydrogen-bond acceptors (Lipinski definition) is 5. The van der Waals surface area contributed by atoms with E-state index in [1.807, 2.05) is 17.5 Å². The quantitative estimate of drug-likeness (QED) is 0.782. The Morgan fingerprint density at radius 1 is 1.36 bits per heavy atom. The Kier molecular flexibility index (Phi) is 4.24. The lowest BCUT2D eigenvalue weighted by molar-refractivity contribution is 0.0958. The molecule has 3 rings (SSSR count). The molecule has 0 atom stereocenters. The third-order valence-electron chi connectivity index (χ3n) is 3.23. The molecule has 0 aliphatic carbocycles. The highest BCUT2D eigenvalue weighted by atomic mass is 32.1. The van der Waals surface area contributed by atoms with Crippen molar-refractivity contribution < 1.29 is 4.79 Å². The molecule has 6 nitrogen and oxygen atoms in total. The zero-order valence-corrected chi connectivity index (χ0v) is 12.9. The zero-order valence-electron chi connectivity index (χ0n) is 12.1. The van der Waals surface area contributed by atoms with Crippen molar-refractivity contribution in [1.82, 2.24) is 25.5 Å². The number of aryl methyl sites for hydroxylation is 1. The van der Waals surface area contributed by atoms with E-state index in [0.29, 0.717) is 17.1 Å². The fraction of sp³-hybridized carbons (Fsp3) is 0.200. The Bertz CT molecular complexity index is 766. The minimum absolute atomic E-state index is 0.104. The van der Waals surface area contributed by atoms with Crippen molar-refractivity contribution in [2.24, 2.45) is 0 Å². The number of carbonyl (C=O) groups excluding carboxylic acids is 1. The first kappa shape index (κ1) is 14.4. The molecule has 2 heterocycles. The van der Waals surface area contributed by atoms with Crippen LogP contribution in [0.1, 0.15) is 20.8 Å². The van der Waals surface area contributed by atoms with Gasteiger partial charge in [-0.3, -0.25) is 4.79 Å². The summed E-state index contributed by atoms with van der Waals surface area (Å²) < 4.78 is 1.49. The highest BCUT2D eigenvalue weighted by Gasteiger charge is 2.15. The summed E-state index contributed by atoms with van der Waals surface area (Å²) in [6.45, 7) is 2.65. The van der Waals surface area contributed by atoms with Gasteiger partial charge in [0, 0.05) is 6.54 Å². The van der Waals surface area contributed by atoms with Crippen LogP contribution in [-0.4, -0.2) is 32.7 Å². The predicted molar refractivity (Wildman–Crippen MR) is 84.2 cm³/mol. The van der Waals surface area contributed by atoms with Crippen molar-refractivity contribution >= 4 is 17.2 Å². The molecule has 1 N–H and O–H groups in total. The van der Waals surface area contributed by atoms with E-state index in [0.717, 1.165) is 6.42 Å². The van der Waals surface area contributed by atoms with Gasteiger partial charge in [-0.25, -0.2) is 0 Å². The van der Waals surface area contributed by atoms with E-state index in [4.69, 9.17) is 0 Å². The van der Waals surface area contributed by atoms with Gasteiger partial charge in [0.25, 0.3) is 5.91 Å². The number of thiophene rings is 1. The fourth-order valence-corrected chi connectivity index (χ4v) is 2.99. The molecule has 2 aromatic heterocycles. The van der Waals surface area contributed by atoms with Gasteiger partial charge in [0.2, 0.25) is 0 Å². The van der Waals surface area contributed by atoms with E-state index in [1.165, 1.54) is 33.5 Å². The van der Waals surface area contributed by atoms with Gasteiger partial charge >= 0.3 is 0 Å². The minimum atomic E-state index is -0.104. The van der Waals surface area contributed by atoms with E-state index in [9.17, 15) is 4.79 Å². The third kappa shape index (κ3) is 3.20. The molecule has 0 saturated carbocycles. The van der Waals surface area contributed by atoms with Crippen molar-refractivity contribution in [3.05, 3.63) is 58.0 Å². The van der Waals surface area contributed by atoms with Gasteiger partial charge in [-0.05, 0) is 40.8 Å². The van der Waals surface area contributed by atoms with Crippen LogP contribution in [0.3, 0.4) is 0 Å². The maximum absolute atomic E-state index is 12.3. The van der Waals surface area contributed by atoms with Crippen LogP contribution in [0.15, 0.2) is 42.0 Å². The second kappa shape index (κ2) is 6.48. The number of amides is 1. The topological polar surface area (TPSA) is 72.7 Å². The smallest absolute Gasteiger partial charge is 0.263 e. The molecular formula is C15H15N5OS. The SMILES string of the molecule is Cc1cccc(CCNC(=O)c2sccc2-n2cnnn2)c1. The standard InChI is InChI=1S/C15H15N5OS/c1-11-3-2-4-12(9-11)5-7-16-15(21)14-13(6-8-22-14)20-10-17-18-19-20/h2-4,6,8-10H,5,7H2,1H3,(H,16,21). The van der Waals surface area contributed by atoms with Gasteiger partial charge < -0.3 is 5.32 Å². The van der Waals surface area contributed by atoms with E-state index in [-0.39, 0.29) is 5.91 Å². The fourth-order valence-electron chi connectivity index (χ4n) is 2.19. The lowest BCUT2D eigenvalue weighted by Crippen LogP contribution is -2.25. The largest absolute Gasteiger partial charge is 0.351 e. The van der Waals surface area contributed by atoms with Crippen molar-refractivity contribution in [2.75, 3.05) is 6.54 Å². The highest BCUT2D eigenvalue weighted by Crippen LogP contribution is 2.19. The van der Waals surface area contributed by atoms with Crippen molar-refractivity contribution in [1.29, 1.82) is 0 Å². The van der Waals surface area contributed by atoms with Gasteiger partial charge in [-0.2, -0.15) is 4.68 Å². The van der Waals surface area contributed by atoms with Crippen LogP contribution in [0.2, 0.25) is 0 Å². The van der Waals surface area contributed by atoms with Crippen molar-refractivity contribution in [3.8, 4) is 5.69 Å². The summed E-state index contributed by atoms with van der Waals surface area (Å²) in [5.74, 6) is -0.104. The van der Waals surface area contributed by atoms with Gasteiger partial charge in [0.1, 0.15) is 11.2 Å². The summed E-state index contributed by atoms with van der Waals surface area (Å²) in [4.78, 5) is 12.9. The van der Waals surface area contributed by atoms with Crippen LogP contribution in [0.4, 0.5) is 0 Å². The van der Waals surface area contributed by atoms with Crippen LogP contribution in [0.5, 0.6) is 0 Å². The number of carbonyl (C=O) groups is 1. The van der Waals surface area contributed by atoms with Gasteiger partial charge in [-0.15, -0.1) is 16.4 Å². The zero-order chi connectivity index (χ0) is 15.4. The lowest BCUT2D eigenvalue weighted by Gasteiger charge is -2.06. The Balaban J connectivity index is 1.62. The molecular weight excluding hydrogens is 298 g/mol. The summed E-state index contributed by atoms with van der Waals surface area (Å²) >= 11 is 1.38. The van der Waals surface area contributed by atoms with Gasteiger partial charge in [0.15, 0.2) is 0 Å². The molecule has 0 aliphatic rings. The molecule has 3 aromatic rings. The van der Waals surface area contributed by atoms with Gasteiger partial charge in [0.05, 0.1) is 5.69 Å². The van der Waals surface area contributed by atoms with Crippen LogP contribution in [0.25, 0.3) is 5.69 Å². The number of rotatable bonds is 5. The summed E-state index contributed by atoms with van der Waals surface area (Å²) in [6, 6.07) is 10.1. The number of aromatic nitrogens is 4. The molecule has 0 fully saturated rings. The number of nitrogens with zero attached hydrogens (tertiary/aromatic N) is 4. The first-order chi connectivity index (χ1) is 10.7. The molecule has 0 bridgehead atoms. The maximum atomic E-state index is 12.3. The summed E-state index contributed by atoms with van der Waals surface area (Å²) in [7, 11) is 0. The Hall–Kier alpha value is -2.54. The highest BCUT2D eigenvalue weighted by molar-refractivity contribution is 7.12. The Labute approximate surface area is 131 Å². The number of benzene rings is 1. The average molecular weight is 313 g/mol. The second-order valence-electron chi connectivity index (χ2n) is 4.88. The molecule has 7 heteroatoms. The lowest BCUT2D eigenvalue weighted by atomic mass is 10.1. The summed E-state index contributed by atoms with van der Waals surface area (Å²) in [5, 5.41) is 15.8. The number of nitrogens with one attached hydrogen (secondary N) is 1. The van der Waals surface area contributed by atoms with Crippen LogP contribution in [0, 0.1) is 6.92 Å². The van der Waals surface area contributed by atoms with E-state index < -0.39 is 0 Å². The molecule has 1 amide bonds. The summed E-state index contributed by atoms with van der Waals surface area (Å²) in [5.41, 5.74) is 3.14. The molecule has 1 aromatic carbocycles. The predicted octanol–water partition coefficient (Wildman–Crippen LogP) is 2.00. The van der Waals surface area contributed by atoms with E-state index >= 15 is 0 Å². The normalized spacial score (nSPS) is 10.6. The van der Waals surface area contributed by atoms with Crippen molar-refractivity contribution in [3.63, 3.8) is 0 Å². The molecule has 0 spiro atoms. The van der Waals surface area contributed by atoms with Crippen LogP contribution < -0.4 is 5.32 Å². The first-order valence-corrected chi connectivity index (χ1v) is 7.76. The number of tetrazole rings is 1. The monoisotopic (exact) mass is 313 g/mol. The summed E-state index contributed by atoms with van der Waals surface area (Å²) in [6.07, 6.45) is 2.28. The molecule has 0 saturated heterocycles. The second-order valence-corrected chi connectivity index (χ2v) is 5.80. The maximum Gasteiger partial charge on any atom is 0.263 e. The van der Waals surface area contributed by atoms with E-state index in [1.54, 1.807) is 0 Å².